The van der Waals surface area contributed by atoms with Crippen LogP contribution in [0.5, 0.6) is 0 Å². The Morgan fingerprint density at radius 2 is 2.00 bits per heavy atom. The lowest BCUT2D eigenvalue weighted by atomic mass is 10.1. The largest absolute Gasteiger partial charge is 0.314 e. The first kappa shape index (κ1) is 12.2. The topological polar surface area (TPSA) is 32.3 Å². The summed E-state index contributed by atoms with van der Waals surface area (Å²) in [4.78, 5) is 14.1. The van der Waals surface area contributed by atoms with Crippen molar-refractivity contribution in [1.29, 1.82) is 0 Å². The third-order valence-electron chi connectivity index (χ3n) is 3.81. The van der Waals surface area contributed by atoms with Crippen molar-refractivity contribution in [2.24, 2.45) is 0 Å². The number of nitrogens with zero attached hydrogens (tertiary/aromatic N) is 1. The van der Waals surface area contributed by atoms with Gasteiger partial charge in [-0.2, -0.15) is 0 Å². The molecule has 0 aromatic heterocycles. The van der Waals surface area contributed by atoms with Gasteiger partial charge in [-0.05, 0) is 42.3 Å². The van der Waals surface area contributed by atoms with Gasteiger partial charge in [-0.1, -0.05) is 30.3 Å². The average Bonchev–Trinajstić information content (AvgIpc) is 2.99. The van der Waals surface area contributed by atoms with Gasteiger partial charge in [0.1, 0.15) is 0 Å². The fourth-order valence-corrected chi connectivity index (χ4v) is 2.64. The maximum Gasteiger partial charge on any atom is 0.243 e. The summed E-state index contributed by atoms with van der Waals surface area (Å²) < 4.78 is 0. The van der Waals surface area contributed by atoms with Crippen LogP contribution in [0, 0.1) is 0 Å². The molecule has 1 heterocycles. The Morgan fingerprint density at radius 3 is 2.74 bits per heavy atom. The summed E-state index contributed by atoms with van der Waals surface area (Å²) in [6.07, 6.45) is 2.03. The van der Waals surface area contributed by atoms with Gasteiger partial charge in [0.25, 0.3) is 0 Å². The number of hydrogen-bond donors (Lipinski definition) is 1. The Labute approximate surface area is 113 Å². The summed E-state index contributed by atoms with van der Waals surface area (Å²) in [7, 11) is 1.85. The van der Waals surface area contributed by atoms with Crippen molar-refractivity contribution in [3.05, 3.63) is 42.5 Å². The van der Waals surface area contributed by atoms with Gasteiger partial charge >= 0.3 is 0 Å². The van der Waals surface area contributed by atoms with Crippen LogP contribution in [0.4, 0.5) is 5.69 Å². The van der Waals surface area contributed by atoms with Crippen LogP contribution in [-0.2, 0) is 4.79 Å². The molecule has 1 N–H and O–H groups in total. The van der Waals surface area contributed by atoms with Gasteiger partial charge in [-0.15, -0.1) is 0 Å². The molecule has 1 atom stereocenters. The minimum atomic E-state index is -0.0172. The van der Waals surface area contributed by atoms with Crippen LogP contribution in [0.1, 0.15) is 12.8 Å². The van der Waals surface area contributed by atoms with E-state index in [-0.39, 0.29) is 11.9 Å². The number of anilines is 1. The van der Waals surface area contributed by atoms with Crippen LogP contribution >= 0.6 is 0 Å². The van der Waals surface area contributed by atoms with Crippen molar-refractivity contribution in [3.8, 4) is 0 Å². The third kappa shape index (κ3) is 2.34. The summed E-state index contributed by atoms with van der Waals surface area (Å²) >= 11 is 0. The molecule has 1 unspecified atom stereocenters. The van der Waals surface area contributed by atoms with Gasteiger partial charge in [0.15, 0.2) is 0 Å². The van der Waals surface area contributed by atoms with E-state index in [0.717, 1.165) is 25.1 Å². The SMILES string of the molecule is CN(C(=O)C1CCCN1)c1ccc2ccccc2c1. The summed E-state index contributed by atoms with van der Waals surface area (Å²) in [5.74, 6) is 0.160. The maximum atomic E-state index is 12.3. The van der Waals surface area contributed by atoms with Crippen molar-refractivity contribution in [1.82, 2.24) is 5.32 Å². The molecule has 0 spiro atoms. The monoisotopic (exact) mass is 254 g/mol. The molecule has 0 radical (unpaired) electrons. The first-order chi connectivity index (χ1) is 9.25. The molecule has 1 saturated heterocycles. The molecule has 3 nitrogen and oxygen atoms in total. The van der Waals surface area contributed by atoms with Crippen molar-refractivity contribution in [2.75, 3.05) is 18.5 Å². The Bertz CT molecular complexity index is 602. The minimum Gasteiger partial charge on any atom is -0.314 e. The number of nitrogens with one attached hydrogen (secondary N) is 1. The highest BCUT2D eigenvalue weighted by Gasteiger charge is 2.25. The predicted octanol–water partition coefficient (Wildman–Crippen LogP) is 2.55. The normalized spacial score (nSPS) is 18.7. The van der Waals surface area contributed by atoms with Crippen LogP contribution in [0.2, 0.25) is 0 Å². The fraction of sp³-hybridized carbons (Fsp3) is 0.312. The second-order valence-electron chi connectivity index (χ2n) is 5.08. The van der Waals surface area contributed by atoms with Crippen LogP contribution < -0.4 is 10.2 Å². The van der Waals surface area contributed by atoms with Crippen molar-refractivity contribution < 1.29 is 4.79 Å². The van der Waals surface area contributed by atoms with Crippen LogP contribution in [0.3, 0.4) is 0 Å². The third-order valence-corrected chi connectivity index (χ3v) is 3.81. The summed E-state index contributed by atoms with van der Waals surface area (Å²) in [5.41, 5.74) is 0.956. The number of fused-ring (bicyclic) bond motifs is 1. The zero-order valence-electron chi connectivity index (χ0n) is 11.1. The maximum absolute atomic E-state index is 12.3. The smallest absolute Gasteiger partial charge is 0.243 e. The fourth-order valence-electron chi connectivity index (χ4n) is 2.64. The van der Waals surface area contributed by atoms with Gasteiger partial charge in [0, 0.05) is 12.7 Å². The van der Waals surface area contributed by atoms with Crippen molar-refractivity contribution in [2.45, 2.75) is 18.9 Å². The molecule has 0 bridgehead atoms. The predicted molar refractivity (Wildman–Crippen MR) is 78.4 cm³/mol. The number of likely N-dealkylation sites (N-methyl/N-ethyl adjacent to an activating group) is 1. The second kappa shape index (κ2) is 5.02. The number of amides is 1. The van der Waals surface area contributed by atoms with Gasteiger partial charge in [-0.25, -0.2) is 0 Å². The number of carbonyl (C=O) groups is 1. The van der Waals surface area contributed by atoms with E-state index in [9.17, 15) is 4.79 Å². The van der Waals surface area contributed by atoms with Gasteiger partial charge < -0.3 is 10.2 Å². The molecule has 1 aliphatic heterocycles. The lowest BCUT2D eigenvalue weighted by Crippen LogP contribution is -2.41. The summed E-state index contributed by atoms with van der Waals surface area (Å²) in [5, 5.41) is 5.62. The molecular weight excluding hydrogens is 236 g/mol. The van der Waals surface area contributed by atoms with E-state index in [1.54, 1.807) is 4.90 Å². The lowest BCUT2D eigenvalue weighted by molar-refractivity contribution is -0.119. The number of rotatable bonds is 2. The Kier molecular flexibility index (Phi) is 3.22. The molecule has 2 aromatic carbocycles. The molecule has 19 heavy (non-hydrogen) atoms. The molecule has 1 aliphatic rings. The van der Waals surface area contributed by atoms with Crippen LogP contribution in [-0.4, -0.2) is 25.5 Å². The highest BCUT2D eigenvalue weighted by molar-refractivity contribution is 5.99. The molecule has 1 fully saturated rings. The first-order valence-electron chi connectivity index (χ1n) is 6.75. The highest BCUT2D eigenvalue weighted by atomic mass is 16.2. The zero-order valence-corrected chi connectivity index (χ0v) is 11.1. The van der Waals surface area contributed by atoms with Gasteiger partial charge in [-0.3, -0.25) is 4.79 Å². The zero-order chi connectivity index (χ0) is 13.2. The van der Waals surface area contributed by atoms with E-state index < -0.39 is 0 Å². The molecule has 98 valence electrons. The van der Waals surface area contributed by atoms with E-state index in [1.807, 2.05) is 25.2 Å². The van der Waals surface area contributed by atoms with E-state index in [1.165, 1.54) is 10.8 Å². The molecule has 3 rings (SSSR count). The average molecular weight is 254 g/mol. The molecule has 1 amide bonds. The van der Waals surface area contributed by atoms with Crippen molar-refractivity contribution in [3.63, 3.8) is 0 Å². The Morgan fingerprint density at radius 1 is 1.21 bits per heavy atom. The second-order valence-corrected chi connectivity index (χ2v) is 5.08. The quantitative estimate of drug-likeness (QED) is 0.893. The van der Waals surface area contributed by atoms with Gasteiger partial charge in [0.2, 0.25) is 5.91 Å². The molecule has 0 aliphatic carbocycles. The Balaban J connectivity index is 1.88. The first-order valence-corrected chi connectivity index (χ1v) is 6.75. The van der Waals surface area contributed by atoms with Crippen LogP contribution in [0.25, 0.3) is 10.8 Å². The highest BCUT2D eigenvalue weighted by Crippen LogP contribution is 2.22. The van der Waals surface area contributed by atoms with Gasteiger partial charge in [0.05, 0.1) is 6.04 Å². The molecule has 2 aromatic rings. The van der Waals surface area contributed by atoms with E-state index in [2.05, 4.69) is 29.6 Å². The van der Waals surface area contributed by atoms with Crippen LogP contribution in [0.15, 0.2) is 42.5 Å². The summed E-state index contributed by atoms with van der Waals surface area (Å²) in [6, 6.07) is 14.3. The Hall–Kier alpha value is -1.87. The molecule has 3 heteroatoms. The van der Waals surface area contributed by atoms with Crippen molar-refractivity contribution >= 4 is 22.4 Å². The van der Waals surface area contributed by atoms with E-state index in [4.69, 9.17) is 0 Å². The minimum absolute atomic E-state index is 0.0172. The number of carbonyl (C=O) groups excluding carboxylic acids is 1. The summed E-state index contributed by atoms with van der Waals surface area (Å²) in [6.45, 7) is 0.946. The molecular formula is C16H18N2O. The van der Waals surface area contributed by atoms with E-state index >= 15 is 0 Å². The van der Waals surface area contributed by atoms with E-state index in [0.29, 0.717) is 0 Å². The lowest BCUT2D eigenvalue weighted by Gasteiger charge is -2.21. The molecule has 0 saturated carbocycles. The number of benzene rings is 2. The standard InChI is InChI=1S/C16H18N2O/c1-18(16(19)15-7-4-10-17-15)14-9-8-12-5-2-3-6-13(12)11-14/h2-3,5-6,8-9,11,15,17H,4,7,10H2,1H3. The number of hydrogen-bond acceptors (Lipinski definition) is 2.